The molecule has 2 amide bonds. The molecule has 0 aliphatic carbocycles. The predicted octanol–water partition coefficient (Wildman–Crippen LogP) is 3.33. The molecule has 3 rings (SSSR count). The molecule has 0 radical (unpaired) electrons. The number of amides is 2. The van der Waals surface area contributed by atoms with E-state index in [1.807, 2.05) is 6.92 Å². The number of aliphatic hydroxyl groups is 1. The molecule has 1 heterocycles. The van der Waals surface area contributed by atoms with Crippen molar-refractivity contribution in [1.29, 1.82) is 0 Å². The van der Waals surface area contributed by atoms with Crippen molar-refractivity contribution >= 4 is 23.1 Å². The van der Waals surface area contributed by atoms with Gasteiger partial charge in [0.2, 0.25) is 0 Å². The van der Waals surface area contributed by atoms with Gasteiger partial charge in [-0.3, -0.25) is 9.59 Å². The van der Waals surface area contributed by atoms with E-state index in [0.29, 0.717) is 29.4 Å². The fraction of sp³-hybridized carbons (Fsp3) is 0.200. The molecule has 0 spiro atoms. The van der Waals surface area contributed by atoms with Gasteiger partial charge < -0.3 is 14.6 Å². The number of hydrogen-bond acceptors (Lipinski definition) is 5. The van der Waals surface area contributed by atoms with E-state index in [4.69, 9.17) is 9.47 Å². The van der Waals surface area contributed by atoms with Crippen molar-refractivity contribution in [2.45, 2.75) is 13.3 Å². The summed E-state index contributed by atoms with van der Waals surface area (Å²) >= 11 is 0. The first-order chi connectivity index (χ1) is 12.6. The summed E-state index contributed by atoms with van der Waals surface area (Å²) in [6.45, 7) is 2.41. The highest BCUT2D eigenvalue weighted by Gasteiger charge is 2.42. The fourth-order valence-corrected chi connectivity index (χ4v) is 2.81. The normalized spacial score (nSPS) is 14.2. The van der Waals surface area contributed by atoms with Gasteiger partial charge in [0.25, 0.3) is 5.91 Å². The maximum Gasteiger partial charge on any atom is 0.301 e. The van der Waals surface area contributed by atoms with Crippen LogP contribution in [0.2, 0.25) is 0 Å². The standard InChI is InChI=1S/C20H19NO5/c1-3-12-26-16-11-7-5-9-14(16)21-19(23)17(18(22)20(21)24)13-8-4-6-10-15(13)25-2/h4-11,22H,3,12H2,1-2H3. The Labute approximate surface area is 151 Å². The second-order valence-corrected chi connectivity index (χ2v) is 5.69. The highest BCUT2D eigenvalue weighted by Crippen LogP contribution is 2.38. The van der Waals surface area contributed by atoms with Gasteiger partial charge in [-0.15, -0.1) is 0 Å². The van der Waals surface area contributed by atoms with E-state index in [0.717, 1.165) is 11.3 Å². The number of para-hydroxylation sites is 3. The molecule has 0 saturated heterocycles. The third kappa shape index (κ3) is 2.90. The van der Waals surface area contributed by atoms with Crippen LogP contribution in [0.5, 0.6) is 11.5 Å². The molecule has 2 aromatic rings. The molecular weight excluding hydrogens is 334 g/mol. The fourth-order valence-electron chi connectivity index (χ4n) is 2.81. The van der Waals surface area contributed by atoms with Gasteiger partial charge in [0.05, 0.1) is 25.0 Å². The minimum absolute atomic E-state index is 0.0854. The van der Waals surface area contributed by atoms with Gasteiger partial charge >= 0.3 is 5.91 Å². The van der Waals surface area contributed by atoms with Crippen molar-refractivity contribution < 1.29 is 24.2 Å². The summed E-state index contributed by atoms with van der Waals surface area (Å²) in [6, 6.07) is 13.5. The summed E-state index contributed by atoms with van der Waals surface area (Å²) in [5.74, 6) is -1.21. The molecule has 0 atom stereocenters. The van der Waals surface area contributed by atoms with Gasteiger partial charge in [-0.05, 0) is 24.6 Å². The molecule has 6 nitrogen and oxygen atoms in total. The number of rotatable bonds is 6. The molecule has 1 N–H and O–H groups in total. The molecule has 0 aromatic heterocycles. The molecule has 2 aromatic carbocycles. The number of imide groups is 1. The molecule has 134 valence electrons. The highest BCUT2D eigenvalue weighted by molar-refractivity contribution is 6.45. The molecular formula is C20H19NO5. The summed E-state index contributed by atoms with van der Waals surface area (Å²) in [5, 5.41) is 10.4. The van der Waals surface area contributed by atoms with Crippen LogP contribution >= 0.6 is 0 Å². The first-order valence-electron chi connectivity index (χ1n) is 8.27. The van der Waals surface area contributed by atoms with E-state index in [1.54, 1.807) is 48.5 Å². The molecule has 1 aliphatic heterocycles. The largest absolute Gasteiger partial charge is 0.502 e. The van der Waals surface area contributed by atoms with Crippen molar-refractivity contribution in [3.05, 3.63) is 59.9 Å². The number of carbonyl (C=O) groups excluding carboxylic acids is 2. The van der Waals surface area contributed by atoms with Crippen LogP contribution in [-0.2, 0) is 9.59 Å². The van der Waals surface area contributed by atoms with Gasteiger partial charge in [0.15, 0.2) is 5.76 Å². The molecule has 1 aliphatic rings. The van der Waals surface area contributed by atoms with Crippen molar-refractivity contribution in [3.8, 4) is 11.5 Å². The lowest BCUT2D eigenvalue weighted by Crippen LogP contribution is -2.32. The van der Waals surface area contributed by atoms with Crippen LogP contribution in [-0.4, -0.2) is 30.6 Å². The Morgan fingerprint density at radius 1 is 0.962 bits per heavy atom. The molecule has 0 unspecified atom stereocenters. The van der Waals surface area contributed by atoms with Gasteiger partial charge in [0, 0.05) is 5.56 Å². The highest BCUT2D eigenvalue weighted by atomic mass is 16.5. The van der Waals surface area contributed by atoms with Gasteiger partial charge in [-0.2, -0.15) is 0 Å². The van der Waals surface area contributed by atoms with E-state index in [9.17, 15) is 14.7 Å². The first kappa shape index (κ1) is 17.5. The number of carbonyl (C=O) groups is 2. The Balaban J connectivity index is 2.05. The van der Waals surface area contributed by atoms with E-state index in [-0.39, 0.29) is 5.57 Å². The Bertz CT molecular complexity index is 887. The summed E-state index contributed by atoms with van der Waals surface area (Å²) in [6.07, 6.45) is 0.784. The van der Waals surface area contributed by atoms with Crippen molar-refractivity contribution in [1.82, 2.24) is 0 Å². The maximum absolute atomic E-state index is 13.0. The van der Waals surface area contributed by atoms with Crippen LogP contribution in [0.4, 0.5) is 5.69 Å². The summed E-state index contributed by atoms with van der Waals surface area (Å²) in [7, 11) is 1.46. The Morgan fingerprint density at radius 3 is 2.31 bits per heavy atom. The minimum Gasteiger partial charge on any atom is -0.502 e. The number of ether oxygens (including phenoxy) is 2. The summed E-state index contributed by atoms with van der Waals surface area (Å²) in [5.41, 5.74) is 0.574. The topological polar surface area (TPSA) is 76.1 Å². The van der Waals surface area contributed by atoms with Crippen LogP contribution in [0.15, 0.2) is 54.3 Å². The predicted molar refractivity (Wildman–Crippen MR) is 97.3 cm³/mol. The van der Waals surface area contributed by atoms with Crippen LogP contribution in [0.25, 0.3) is 5.57 Å². The molecule has 0 bridgehead atoms. The van der Waals surface area contributed by atoms with Crippen LogP contribution in [0.3, 0.4) is 0 Å². The minimum atomic E-state index is -0.788. The SMILES string of the molecule is CCCOc1ccccc1N1C(=O)C(O)=C(c2ccccc2OC)C1=O. The maximum atomic E-state index is 13.0. The zero-order valence-corrected chi connectivity index (χ0v) is 14.6. The van der Waals surface area contributed by atoms with E-state index >= 15 is 0 Å². The zero-order chi connectivity index (χ0) is 18.7. The van der Waals surface area contributed by atoms with E-state index in [1.165, 1.54) is 7.11 Å². The Morgan fingerprint density at radius 2 is 1.62 bits per heavy atom. The molecule has 0 fully saturated rings. The average molecular weight is 353 g/mol. The Hall–Kier alpha value is -3.28. The molecule has 0 saturated carbocycles. The molecule has 26 heavy (non-hydrogen) atoms. The number of aliphatic hydroxyl groups excluding tert-OH is 1. The van der Waals surface area contributed by atoms with E-state index < -0.39 is 17.6 Å². The third-order valence-corrected chi connectivity index (χ3v) is 4.00. The lowest BCUT2D eigenvalue weighted by atomic mass is 10.0. The average Bonchev–Trinajstić information content (AvgIpc) is 2.89. The van der Waals surface area contributed by atoms with Gasteiger partial charge in [-0.1, -0.05) is 37.3 Å². The summed E-state index contributed by atoms with van der Waals surface area (Å²) in [4.78, 5) is 26.6. The number of benzene rings is 2. The number of methoxy groups -OCH3 is 1. The van der Waals surface area contributed by atoms with Gasteiger partial charge in [-0.25, -0.2) is 4.90 Å². The second kappa shape index (κ2) is 7.31. The lowest BCUT2D eigenvalue weighted by molar-refractivity contribution is -0.121. The number of anilines is 1. The number of hydrogen-bond donors (Lipinski definition) is 1. The number of nitrogens with zero attached hydrogens (tertiary/aromatic N) is 1. The lowest BCUT2D eigenvalue weighted by Gasteiger charge is -2.18. The van der Waals surface area contributed by atoms with Crippen LogP contribution < -0.4 is 14.4 Å². The van der Waals surface area contributed by atoms with E-state index in [2.05, 4.69) is 0 Å². The molecule has 6 heteroatoms. The Kier molecular flexibility index (Phi) is 4.93. The monoisotopic (exact) mass is 353 g/mol. The van der Waals surface area contributed by atoms with Gasteiger partial charge in [0.1, 0.15) is 11.5 Å². The van der Waals surface area contributed by atoms with Crippen molar-refractivity contribution in [3.63, 3.8) is 0 Å². The van der Waals surface area contributed by atoms with Crippen LogP contribution in [0.1, 0.15) is 18.9 Å². The third-order valence-electron chi connectivity index (χ3n) is 4.00. The van der Waals surface area contributed by atoms with Crippen molar-refractivity contribution in [2.75, 3.05) is 18.6 Å². The first-order valence-corrected chi connectivity index (χ1v) is 8.27. The van der Waals surface area contributed by atoms with Crippen molar-refractivity contribution in [2.24, 2.45) is 0 Å². The van der Waals surface area contributed by atoms with Crippen LogP contribution in [0, 0.1) is 0 Å². The smallest absolute Gasteiger partial charge is 0.301 e. The quantitative estimate of drug-likeness (QED) is 0.806. The zero-order valence-electron chi connectivity index (χ0n) is 14.6. The summed E-state index contributed by atoms with van der Waals surface area (Å²) < 4.78 is 10.9. The second-order valence-electron chi connectivity index (χ2n) is 5.69.